The van der Waals surface area contributed by atoms with Crippen LogP contribution in [-0.4, -0.2) is 23.4 Å². The summed E-state index contributed by atoms with van der Waals surface area (Å²) in [6.45, 7) is 10.0. The fourth-order valence-electron chi connectivity index (χ4n) is 2.06. The first-order chi connectivity index (χ1) is 8.28. The molecule has 0 aliphatic carbocycles. The average molecular weight is 248 g/mol. The summed E-state index contributed by atoms with van der Waals surface area (Å²) in [7, 11) is -0.499. The summed E-state index contributed by atoms with van der Waals surface area (Å²) in [5, 5.41) is 10.2. The maximum atomic E-state index is 10.2. The molecule has 0 aromatic heterocycles. The second kappa shape index (κ2) is 4.28. The maximum absolute atomic E-state index is 10.2. The number of aryl methyl sites for hydroxylation is 1. The van der Waals surface area contributed by atoms with Gasteiger partial charge in [0, 0.05) is 5.46 Å². The van der Waals surface area contributed by atoms with Crippen LogP contribution in [0.15, 0.2) is 18.2 Å². The Morgan fingerprint density at radius 2 is 1.67 bits per heavy atom. The van der Waals surface area contributed by atoms with Gasteiger partial charge in [-0.2, -0.15) is 0 Å². The largest absolute Gasteiger partial charge is 0.508 e. The molecule has 98 valence electrons. The number of phenolic OH excluding ortho intramolecular Hbond substituents is 1. The van der Waals surface area contributed by atoms with Crippen molar-refractivity contribution in [2.75, 3.05) is 0 Å². The Morgan fingerprint density at radius 1 is 1.11 bits per heavy atom. The van der Waals surface area contributed by atoms with Gasteiger partial charge in [-0.3, -0.25) is 0 Å². The standard InChI is InChI=1S/C14H21BO3/c1-6-10-8-7-9-11(12(10)16)15-17-13(2,3)14(4,5)18-15/h7-9,16H,6H2,1-5H3. The van der Waals surface area contributed by atoms with Crippen molar-refractivity contribution in [2.45, 2.75) is 52.2 Å². The first-order valence-corrected chi connectivity index (χ1v) is 6.45. The number of hydrogen-bond acceptors (Lipinski definition) is 3. The third-order valence-electron chi connectivity index (χ3n) is 4.04. The van der Waals surface area contributed by atoms with Gasteiger partial charge >= 0.3 is 7.12 Å². The molecule has 1 aliphatic rings. The van der Waals surface area contributed by atoms with Crippen molar-refractivity contribution in [3.63, 3.8) is 0 Å². The second-order valence-corrected chi connectivity index (χ2v) is 5.80. The normalized spacial score (nSPS) is 21.3. The van der Waals surface area contributed by atoms with Gasteiger partial charge in [0.25, 0.3) is 0 Å². The molecule has 1 N–H and O–H groups in total. The van der Waals surface area contributed by atoms with Gasteiger partial charge in [-0.15, -0.1) is 0 Å². The molecule has 0 bridgehead atoms. The van der Waals surface area contributed by atoms with E-state index in [0.29, 0.717) is 11.2 Å². The minimum atomic E-state index is -0.499. The summed E-state index contributed by atoms with van der Waals surface area (Å²) in [6.07, 6.45) is 0.791. The van der Waals surface area contributed by atoms with Gasteiger partial charge in [0.1, 0.15) is 5.75 Å². The minimum Gasteiger partial charge on any atom is -0.508 e. The van der Waals surface area contributed by atoms with E-state index in [9.17, 15) is 5.11 Å². The molecule has 3 nitrogen and oxygen atoms in total. The molecule has 1 heterocycles. The van der Waals surface area contributed by atoms with E-state index in [1.165, 1.54) is 0 Å². The Bertz CT molecular complexity index is 438. The molecule has 1 aliphatic heterocycles. The highest BCUT2D eigenvalue weighted by Gasteiger charge is 2.52. The monoisotopic (exact) mass is 248 g/mol. The first kappa shape index (κ1) is 13.4. The van der Waals surface area contributed by atoms with Crippen LogP contribution in [0.4, 0.5) is 0 Å². The third-order valence-corrected chi connectivity index (χ3v) is 4.04. The molecule has 0 saturated carbocycles. The Morgan fingerprint density at radius 3 is 2.17 bits per heavy atom. The highest BCUT2D eigenvalue weighted by atomic mass is 16.7. The molecule has 1 fully saturated rings. The van der Waals surface area contributed by atoms with Crippen LogP contribution in [0.5, 0.6) is 5.75 Å². The van der Waals surface area contributed by atoms with Gasteiger partial charge in [-0.1, -0.05) is 25.1 Å². The van der Waals surface area contributed by atoms with Crippen molar-refractivity contribution in [1.29, 1.82) is 0 Å². The highest BCUT2D eigenvalue weighted by molar-refractivity contribution is 6.63. The minimum absolute atomic E-state index is 0.290. The van der Waals surface area contributed by atoms with Gasteiger partial charge < -0.3 is 14.4 Å². The number of phenols is 1. The fraction of sp³-hybridized carbons (Fsp3) is 0.571. The lowest BCUT2D eigenvalue weighted by molar-refractivity contribution is 0.00578. The number of para-hydroxylation sites is 1. The van der Waals surface area contributed by atoms with E-state index in [1.54, 1.807) is 0 Å². The van der Waals surface area contributed by atoms with E-state index in [0.717, 1.165) is 12.0 Å². The predicted octanol–water partition coefficient (Wildman–Crippen LogP) is 2.25. The van der Waals surface area contributed by atoms with E-state index in [4.69, 9.17) is 9.31 Å². The van der Waals surface area contributed by atoms with Crippen molar-refractivity contribution in [2.24, 2.45) is 0 Å². The summed E-state index contributed by atoms with van der Waals surface area (Å²) < 4.78 is 11.9. The smallest absolute Gasteiger partial charge is 0.498 e. The molecule has 0 atom stereocenters. The molecular formula is C14H21BO3. The second-order valence-electron chi connectivity index (χ2n) is 5.80. The van der Waals surface area contributed by atoms with Gasteiger partial charge in [-0.05, 0) is 39.7 Å². The molecule has 2 rings (SSSR count). The molecule has 1 aromatic rings. The van der Waals surface area contributed by atoms with Gasteiger partial charge in [0.2, 0.25) is 0 Å². The summed E-state index contributed by atoms with van der Waals surface area (Å²) in [5.74, 6) is 0.290. The number of aromatic hydroxyl groups is 1. The van der Waals surface area contributed by atoms with Crippen LogP contribution in [0.25, 0.3) is 0 Å². The van der Waals surface area contributed by atoms with Gasteiger partial charge in [-0.25, -0.2) is 0 Å². The van der Waals surface area contributed by atoms with Gasteiger partial charge in [0.05, 0.1) is 11.2 Å². The van der Waals surface area contributed by atoms with E-state index < -0.39 is 7.12 Å². The maximum Gasteiger partial charge on any atom is 0.498 e. The van der Waals surface area contributed by atoms with Crippen LogP contribution in [0, 0.1) is 0 Å². The van der Waals surface area contributed by atoms with Crippen LogP contribution in [0.1, 0.15) is 40.2 Å². The lowest BCUT2D eigenvalue weighted by Gasteiger charge is -2.32. The molecule has 18 heavy (non-hydrogen) atoms. The van der Waals surface area contributed by atoms with E-state index >= 15 is 0 Å². The quantitative estimate of drug-likeness (QED) is 0.816. The Balaban J connectivity index is 2.35. The third kappa shape index (κ3) is 2.04. The number of rotatable bonds is 2. The Hall–Kier alpha value is -0.995. The van der Waals surface area contributed by atoms with Crippen molar-refractivity contribution < 1.29 is 14.4 Å². The highest BCUT2D eigenvalue weighted by Crippen LogP contribution is 2.37. The summed E-state index contributed by atoms with van der Waals surface area (Å²) >= 11 is 0. The topological polar surface area (TPSA) is 38.7 Å². The predicted molar refractivity (Wildman–Crippen MR) is 73.2 cm³/mol. The molecule has 0 radical (unpaired) electrons. The van der Waals surface area contributed by atoms with Crippen LogP contribution in [0.2, 0.25) is 0 Å². The van der Waals surface area contributed by atoms with Gasteiger partial charge in [0.15, 0.2) is 0 Å². The molecule has 0 amide bonds. The zero-order chi connectivity index (χ0) is 13.6. The molecule has 4 heteroatoms. The Kier molecular flexibility index (Phi) is 3.20. The fourth-order valence-corrected chi connectivity index (χ4v) is 2.06. The first-order valence-electron chi connectivity index (χ1n) is 6.45. The number of benzene rings is 1. The summed E-state index contributed by atoms with van der Waals surface area (Å²) in [5.41, 5.74) is 0.869. The van der Waals surface area contributed by atoms with E-state index in [-0.39, 0.29) is 11.2 Å². The lowest BCUT2D eigenvalue weighted by Crippen LogP contribution is -2.41. The molecule has 1 aromatic carbocycles. The summed E-state index contributed by atoms with van der Waals surface area (Å²) in [6, 6.07) is 5.71. The van der Waals surface area contributed by atoms with E-state index in [1.807, 2.05) is 52.8 Å². The number of hydrogen-bond donors (Lipinski definition) is 1. The Labute approximate surface area is 109 Å². The van der Waals surface area contributed by atoms with Crippen molar-refractivity contribution in [1.82, 2.24) is 0 Å². The van der Waals surface area contributed by atoms with Crippen LogP contribution in [0.3, 0.4) is 0 Å². The molecular weight excluding hydrogens is 227 g/mol. The lowest BCUT2D eigenvalue weighted by atomic mass is 9.77. The SMILES string of the molecule is CCc1cccc(B2OC(C)(C)C(C)(C)O2)c1O. The van der Waals surface area contributed by atoms with Crippen LogP contribution in [-0.2, 0) is 15.7 Å². The molecule has 1 saturated heterocycles. The zero-order valence-corrected chi connectivity index (χ0v) is 11.8. The van der Waals surface area contributed by atoms with Crippen molar-refractivity contribution >= 4 is 12.6 Å². The molecule has 0 spiro atoms. The van der Waals surface area contributed by atoms with E-state index in [2.05, 4.69) is 0 Å². The summed E-state index contributed by atoms with van der Waals surface area (Å²) in [4.78, 5) is 0. The van der Waals surface area contributed by atoms with Crippen LogP contribution >= 0.6 is 0 Å². The van der Waals surface area contributed by atoms with Crippen molar-refractivity contribution in [3.8, 4) is 5.75 Å². The van der Waals surface area contributed by atoms with Crippen LogP contribution < -0.4 is 5.46 Å². The van der Waals surface area contributed by atoms with Crippen molar-refractivity contribution in [3.05, 3.63) is 23.8 Å². The molecule has 0 unspecified atom stereocenters. The zero-order valence-electron chi connectivity index (χ0n) is 11.8. The average Bonchev–Trinajstić information content (AvgIpc) is 2.48.